The summed E-state index contributed by atoms with van der Waals surface area (Å²) in [5.74, 6) is 0.699. The molecular weight excluding hydrogens is 475 g/mol. The summed E-state index contributed by atoms with van der Waals surface area (Å²) in [7, 11) is 1.65. The molecule has 0 aromatic carbocycles. The van der Waals surface area contributed by atoms with E-state index in [1.165, 1.54) is 0 Å². The molecule has 0 saturated heterocycles. The Morgan fingerprint density at radius 2 is 1.64 bits per heavy atom. The normalized spacial score (nSPS) is 12.2. The lowest BCUT2D eigenvalue weighted by atomic mass is 9.93. The molecule has 0 aliphatic carbocycles. The number of guanidine groups is 1. The summed E-state index contributed by atoms with van der Waals surface area (Å²) in [4.78, 5) is 16.9. The molecule has 0 unspecified atom stereocenters. The predicted octanol–water partition coefficient (Wildman–Crippen LogP) is 2.91. The van der Waals surface area contributed by atoms with Crippen molar-refractivity contribution in [3.63, 3.8) is 0 Å². The van der Waals surface area contributed by atoms with Crippen molar-refractivity contribution in [2.45, 2.75) is 65.5 Å². The van der Waals surface area contributed by atoms with Gasteiger partial charge in [0, 0.05) is 20.2 Å². The van der Waals surface area contributed by atoms with Crippen LogP contribution in [0.2, 0.25) is 0 Å². The van der Waals surface area contributed by atoms with E-state index in [2.05, 4.69) is 20.9 Å². The van der Waals surface area contributed by atoms with Gasteiger partial charge in [-0.2, -0.15) is 0 Å². The van der Waals surface area contributed by atoms with Crippen LogP contribution in [0.4, 0.5) is 4.79 Å². The molecule has 0 aromatic heterocycles. The quantitative estimate of drug-likeness (QED) is 0.160. The monoisotopic (exact) mass is 516 g/mol. The number of hydrogen-bond acceptors (Lipinski definition) is 5. The molecule has 168 valence electrons. The zero-order chi connectivity index (χ0) is 20.8. The Labute approximate surface area is 187 Å². The summed E-state index contributed by atoms with van der Waals surface area (Å²) in [6.07, 6.45) is 1.10. The maximum absolute atomic E-state index is 12.2. The number of nitrogens with zero attached hydrogens (tertiary/aromatic N) is 1. The van der Waals surface area contributed by atoms with Gasteiger partial charge < -0.3 is 30.2 Å². The Hall–Kier alpha value is -0.810. The lowest BCUT2D eigenvalue weighted by Crippen LogP contribution is -2.52. The van der Waals surface area contributed by atoms with Crippen LogP contribution in [0.1, 0.15) is 54.4 Å². The van der Waals surface area contributed by atoms with Crippen LogP contribution in [-0.2, 0) is 14.2 Å². The number of amides is 1. The number of hydrogen-bond donors (Lipinski definition) is 3. The second-order valence-electron chi connectivity index (χ2n) is 7.34. The highest BCUT2D eigenvalue weighted by atomic mass is 127. The summed E-state index contributed by atoms with van der Waals surface area (Å²) < 4.78 is 15.8. The number of alkyl carbamates (subject to hydrolysis) is 1. The minimum atomic E-state index is -0.528. The number of carbonyl (C=O) groups is 1. The summed E-state index contributed by atoms with van der Waals surface area (Å²) in [5.41, 5.74) is -0.973. The van der Waals surface area contributed by atoms with Crippen molar-refractivity contribution in [3.8, 4) is 0 Å². The molecule has 0 atom stereocenters. The topological polar surface area (TPSA) is 93.2 Å². The maximum atomic E-state index is 12.2. The first-order valence-corrected chi connectivity index (χ1v) is 9.82. The molecular formula is C19H41IN4O4. The fourth-order valence-electron chi connectivity index (χ4n) is 2.27. The molecule has 0 radical (unpaired) electrons. The van der Waals surface area contributed by atoms with Crippen molar-refractivity contribution in [2.75, 3.05) is 46.6 Å². The van der Waals surface area contributed by atoms with Gasteiger partial charge in [-0.25, -0.2) is 4.79 Å². The van der Waals surface area contributed by atoms with Crippen LogP contribution in [0, 0.1) is 0 Å². The average Bonchev–Trinajstić information content (AvgIpc) is 2.59. The Morgan fingerprint density at radius 1 is 1.00 bits per heavy atom. The molecule has 0 aliphatic heterocycles. The van der Waals surface area contributed by atoms with E-state index in [1.807, 2.05) is 41.5 Å². The average molecular weight is 516 g/mol. The van der Waals surface area contributed by atoms with Crippen molar-refractivity contribution in [1.29, 1.82) is 0 Å². The lowest BCUT2D eigenvalue weighted by molar-refractivity contribution is 0.0452. The number of methoxy groups -OCH3 is 1. The minimum Gasteiger partial charge on any atom is -0.444 e. The molecule has 0 aliphatic rings. The fraction of sp³-hybridized carbons (Fsp3) is 0.895. The summed E-state index contributed by atoms with van der Waals surface area (Å²) in [6, 6.07) is 0. The van der Waals surface area contributed by atoms with Gasteiger partial charge in [-0.3, -0.25) is 4.99 Å². The van der Waals surface area contributed by atoms with Gasteiger partial charge in [0.05, 0.1) is 31.9 Å². The summed E-state index contributed by atoms with van der Waals surface area (Å²) in [5, 5.41) is 9.46. The van der Waals surface area contributed by atoms with Gasteiger partial charge in [0.15, 0.2) is 5.96 Å². The molecule has 0 saturated carbocycles. The second kappa shape index (κ2) is 16.0. The molecule has 0 bridgehead atoms. The molecule has 0 aromatic rings. The van der Waals surface area contributed by atoms with Crippen LogP contribution < -0.4 is 16.0 Å². The van der Waals surface area contributed by atoms with E-state index in [0.29, 0.717) is 38.9 Å². The zero-order valence-corrected chi connectivity index (χ0v) is 21.0. The Bertz CT molecular complexity index is 438. The molecule has 1 amide bonds. The SMILES string of the molecule is CCNC(=NCC(CC)(CC)NC(=O)OC(C)(C)C)NCCOCCOC.I. The minimum absolute atomic E-state index is 0. The van der Waals surface area contributed by atoms with Crippen LogP contribution in [0.15, 0.2) is 4.99 Å². The van der Waals surface area contributed by atoms with Crippen molar-refractivity contribution < 1.29 is 19.0 Å². The van der Waals surface area contributed by atoms with E-state index in [9.17, 15) is 4.79 Å². The van der Waals surface area contributed by atoms with E-state index in [-0.39, 0.29) is 24.0 Å². The number of halogens is 1. The van der Waals surface area contributed by atoms with Crippen LogP contribution in [0.5, 0.6) is 0 Å². The first-order valence-electron chi connectivity index (χ1n) is 9.82. The highest BCUT2D eigenvalue weighted by Crippen LogP contribution is 2.17. The molecule has 0 rings (SSSR count). The van der Waals surface area contributed by atoms with Crippen LogP contribution in [0.25, 0.3) is 0 Å². The largest absolute Gasteiger partial charge is 0.444 e. The Morgan fingerprint density at radius 3 is 2.14 bits per heavy atom. The molecule has 9 heteroatoms. The first kappa shape index (κ1) is 29.4. The Balaban J connectivity index is 0. The molecule has 0 heterocycles. The smallest absolute Gasteiger partial charge is 0.408 e. The highest BCUT2D eigenvalue weighted by molar-refractivity contribution is 14.0. The highest BCUT2D eigenvalue weighted by Gasteiger charge is 2.30. The number of ether oxygens (including phenoxy) is 3. The van der Waals surface area contributed by atoms with Gasteiger partial charge in [-0.05, 0) is 40.5 Å². The molecule has 8 nitrogen and oxygen atoms in total. The molecule has 0 fully saturated rings. The number of aliphatic imine (C=N–C) groups is 1. The first-order chi connectivity index (χ1) is 12.7. The van der Waals surface area contributed by atoms with Crippen molar-refractivity contribution in [1.82, 2.24) is 16.0 Å². The van der Waals surface area contributed by atoms with Crippen LogP contribution in [-0.4, -0.2) is 69.8 Å². The van der Waals surface area contributed by atoms with E-state index in [1.54, 1.807) is 7.11 Å². The number of carbonyl (C=O) groups excluding carboxylic acids is 1. The van der Waals surface area contributed by atoms with Gasteiger partial charge >= 0.3 is 6.09 Å². The van der Waals surface area contributed by atoms with Gasteiger partial charge in [-0.1, -0.05) is 13.8 Å². The Kier molecular flexibility index (Phi) is 16.8. The molecule has 28 heavy (non-hydrogen) atoms. The van der Waals surface area contributed by atoms with E-state index in [0.717, 1.165) is 19.4 Å². The van der Waals surface area contributed by atoms with E-state index < -0.39 is 17.2 Å². The van der Waals surface area contributed by atoms with E-state index >= 15 is 0 Å². The summed E-state index contributed by atoms with van der Waals surface area (Å²) >= 11 is 0. The van der Waals surface area contributed by atoms with Gasteiger partial charge in [0.2, 0.25) is 0 Å². The van der Waals surface area contributed by atoms with Gasteiger partial charge in [0.25, 0.3) is 0 Å². The molecule has 0 spiro atoms. The third-order valence-electron chi connectivity index (χ3n) is 3.97. The summed E-state index contributed by atoms with van der Waals surface area (Å²) in [6.45, 7) is 15.2. The van der Waals surface area contributed by atoms with Crippen molar-refractivity contribution in [2.24, 2.45) is 4.99 Å². The zero-order valence-electron chi connectivity index (χ0n) is 18.6. The lowest BCUT2D eigenvalue weighted by Gasteiger charge is -2.32. The standard InChI is InChI=1S/C19H40N4O4.HI/c1-8-19(9-2,23-17(24)27-18(4,5)6)15-22-16(20-10-3)21-11-12-26-14-13-25-7;/h8-15H2,1-7H3,(H,23,24)(H2,20,21,22);1H. The van der Waals surface area contributed by atoms with Gasteiger partial charge in [-0.15, -0.1) is 24.0 Å². The number of rotatable bonds is 12. The second-order valence-corrected chi connectivity index (χ2v) is 7.34. The fourth-order valence-corrected chi connectivity index (χ4v) is 2.27. The molecule has 3 N–H and O–H groups in total. The third-order valence-corrected chi connectivity index (χ3v) is 3.97. The van der Waals surface area contributed by atoms with Crippen LogP contribution in [0.3, 0.4) is 0 Å². The van der Waals surface area contributed by atoms with E-state index in [4.69, 9.17) is 14.2 Å². The third kappa shape index (κ3) is 14.2. The predicted molar refractivity (Wildman–Crippen MR) is 125 cm³/mol. The van der Waals surface area contributed by atoms with Gasteiger partial charge in [0.1, 0.15) is 5.60 Å². The maximum Gasteiger partial charge on any atom is 0.408 e. The van der Waals surface area contributed by atoms with Crippen LogP contribution >= 0.6 is 24.0 Å². The van der Waals surface area contributed by atoms with Crippen molar-refractivity contribution >= 4 is 36.0 Å². The number of nitrogens with one attached hydrogen (secondary N) is 3. The van der Waals surface area contributed by atoms with Crippen molar-refractivity contribution in [3.05, 3.63) is 0 Å².